The number of benzene rings is 1. The molecule has 2 heterocycles. The highest BCUT2D eigenvalue weighted by molar-refractivity contribution is 5.86. The smallest absolute Gasteiger partial charge is 0.209 e. The Morgan fingerprint density at radius 3 is 2.40 bits per heavy atom. The maximum atomic E-state index is 13.7. The van der Waals surface area contributed by atoms with Gasteiger partial charge in [0.05, 0.1) is 0 Å². The molecule has 0 saturated carbocycles. The third-order valence-electron chi connectivity index (χ3n) is 4.32. The van der Waals surface area contributed by atoms with Crippen molar-refractivity contribution in [3.63, 3.8) is 0 Å². The van der Waals surface area contributed by atoms with Gasteiger partial charge in [-0.05, 0) is 36.8 Å². The molecule has 0 aliphatic carbocycles. The standard InChI is InChI=1S/C21H19F2N5O.ClH/c1-4-9-28-19(13-10-14(22)12-15(23)11-13)27-17-18(24)25-16(26-20(17)28)7-8-21(29,5-2)6-3;/h2,10-12,29H,4,6,9H2,1,3H3,(H2,24,25,26);1H. The van der Waals surface area contributed by atoms with Gasteiger partial charge in [-0.2, -0.15) is 0 Å². The van der Waals surface area contributed by atoms with Crippen molar-refractivity contribution in [2.45, 2.75) is 38.8 Å². The molecule has 1 unspecified atom stereocenters. The monoisotopic (exact) mass is 431 g/mol. The van der Waals surface area contributed by atoms with Crippen molar-refractivity contribution in [2.24, 2.45) is 0 Å². The van der Waals surface area contributed by atoms with Crippen LogP contribution in [0.4, 0.5) is 14.6 Å². The van der Waals surface area contributed by atoms with E-state index in [0.717, 1.165) is 6.07 Å². The summed E-state index contributed by atoms with van der Waals surface area (Å²) < 4.78 is 29.2. The lowest BCUT2D eigenvalue weighted by Crippen LogP contribution is -2.22. The van der Waals surface area contributed by atoms with Crippen LogP contribution in [0.25, 0.3) is 22.6 Å². The summed E-state index contributed by atoms with van der Waals surface area (Å²) in [6.45, 7) is 4.13. The Kier molecular flexibility index (Phi) is 6.99. The Bertz CT molecular complexity index is 1170. The predicted octanol–water partition coefficient (Wildman–Crippen LogP) is 3.31. The van der Waals surface area contributed by atoms with E-state index in [0.29, 0.717) is 30.0 Å². The molecule has 1 atom stereocenters. The molecule has 6 nitrogen and oxygen atoms in total. The number of halogens is 3. The first-order valence-corrected chi connectivity index (χ1v) is 9.03. The lowest BCUT2D eigenvalue weighted by Gasteiger charge is -2.10. The summed E-state index contributed by atoms with van der Waals surface area (Å²) in [5, 5.41) is 10.1. The number of anilines is 1. The van der Waals surface area contributed by atoms with Gasteiger partial charge in [0.15, 0.2) is 22.6 Å². The van der Waals surface area contributed by atoms with Crippen LogP contribution >= 0.6 is 12.4 Å². The van der Waals surface area contributed by atoms with Crippen LogP contribution in [-0.4, -0.2) is 30.2 Å². The van der Waals surface area contributed by atoms with Crippen molar-refractivity contribution in [1.29, 1.82) is 0 Å². The van der Waals surface area contributed by atoms with Crippen LogP contribution in [-0.2, 0) is 6.54 Å². The number of hydrogen-bond acceptors (Lipinski definition) is 5. The number of aliphatic hydroxyl groups is 1. The second-order valence-corrected chi connectivity index (χ2v) is 6.46. The zero-order valence-corrected chi connectivity index (χ0v) is 17.2. The van der Waals surface area contributed by atoms with Gasteiger partial charge in [0, 0.05) is 18.2 Å². The molecule has 0 radical (unpaired) electrons. The van der Waals surface area contributed by atoms with Gasteiger partial charge in [-0.3, -0.25) is 0 Å². The molecule has 2 aromatic heterocycles. The average Bonchev–Trinajstić information content (AvgIpc) is 3.05. The van der Waals surface area contributed by atoms with Crippen LogP contribution in [0, 0.1) is 35.8 Å². The van der Waals surface area contributed by atoms with Gasteiger partial charge >= 0.3 is 0 Å². The Morgan fingerprint density at radius 1 is 1.17 bits per heavy atom. The lowest BCUT2D eigenvalue weighted by atomic mass is 10.0. The maximum Gasteiger partial charge on any atom is 0.209 e. The normalized spacial score (nSPS) is 12.4. The Balaban J connectivity index is 0.00000320. The van der Waals surface area contributed by atoms with Crippen LogP contribution < -0.4 is 5.73 Å². The number of rotatable bonds is 4. The Morgan fingerprint density at radius 2 is 1.83 bits per heavy atom. The first-order valence-electron chi connectivity index (χ1n) is 9.03. The molecule has 30 heavy (non-hydrogen) atoms. The van der Waals surface area contributed by atoms with E-state index in [2.05, 4.69) is 32.7 Å². The molecule has 0 aliphatic rings. The van der Waals surface area contributed by atoms with E-state index in [4.69, 9.17) is 12.2 Å². The highest BCUT2D eigenvalue weighted by atomic mass is 35.5. The second kappa shape index (κ2) is 9.08. The molecule has 0 spiro atoms. The number of nitrogens with two attached hydrogens (primary N) is 1. The molecule has 156 valence electrons. The number of aromatic nitrogens is 4. The number of fused-ring (bicyclic) bond motifs is 1. The summed E-state index contributed by atoms with van der Waals surface area (Å²) >= 11 is 0. The highest BCUT2D eigenvalue weighted by Gasteiger charge is 2.20. The van der Waals surface area contributed by atoms with Gasteiger partial charge in [-0.1, -0.05) is 19.8 Å². The summed E-state index contributed by atoms with van der Waals surface area (Å²) in [5.74, 6) is 6.46. The van der Waals surface area contributed by atoms with Crippen LogP contribution in [0.1, 0.15) is 32.5 Å². The van der Waals surface area contributed by atoms with Crippen molar-refractivity contribution in [1.82, 2.24) is 19.5 Å². The van der Waals surface area contributed by atoms with Crippen molar-refractivity contribution in [3.8, 4) is 35.6 Å². The third-order valence-corrected chi connectivity index (χ3v) is 4.32. The number of hydrogen-bond donors (Lipinski definition) is 2. The number of nitrogen functional groups attached to an aromatic ring is 1. The second-order valence-electron chi connectivity index (χ2n) is 6.46. The number of imidazole rings is 1. The fourth-order valence-corrected chi connectivity index (χ4v) is 2.80. The molecule has 3 rings (SSSR count). The molecule has 0 amide bonds. The molecule has 0 saturated heterocycles. The topological polar surface area (TPSA) is 89.9 Å². The molecule has 9 heteroatoms. The van der Waals surface area contributed by atoms with Crippen molar-refractivity contribution in [3.05, 3.63) is 35.7 Å². The van der Waals surface area contributed by atoms with Gasteiger partial charge in [-0.15, -0.1) is 18.8 Å². The number of nitrogens with zero attached hydrogens (tertiary/aromatic N) is 4. The fraction of sp³-hybridized carbons (Fsp3) is 0.286. The summed E-state index contributed by atoms with van der Waals surface area (Å²) in [7, 11) is 0. The van der Waals surface area contributed by atoms with E-state index >= 15 is 0 Å². The van der Waals surface area contributed by atoms with Crippen LogP contribution in [0.3, 0.4) is 0 Å². The van der Waals surface area contributed by atoms with Gasteiger partial charge in [-0.25, -0.2) is 23.7 Å². The number of terminal acetylenes is 1. The Hall–Kier alpha value is -3.20. The zero-order chi connectivity index (χ0) is 21.2. The summed E-state index contributed by atoms with van der Waals surface area (Å²) in [6, 6.07) is 3.17. The van der Waals surface area contributed by atoms with Crippen molar-refractivity contribution < 1.29 is 13.9 Å². The van der Waals surface area contributed by atoms with E-state index in [1.807, 2.05) is 6.92 Å². The summed E-state index contributed by atoms with van der Waals surface area (Å²) in [6.07, 6.45) is 6.26. The van der Waals surface area contributed by atoms with Gasteiger partial charge < -0.3 is 15.4 Å². The first-order chi connectivity index (χ1) is 13.8. The molecule has 0 fully saturated rings. The first kappa shape index (κ1) is 23.1. The third kappa shape index (κ3) is 4.51. The van der Waals surface area contributed by atoms with Crippen LogP contribution in [0.2, 0.25) is 0 Å². The lowest BCUT2D eigenvalue weighted by molar-refractivity contribution is 0.159. The van der Waals surface area contributed by atoms with Crippen molar-refractivity contribution in [2.75, 3.05) is 5.73 Å². The van der Waals surface area contributed by atoms with E-state index in [1.54, 1.807) is 11.5 Å². The quantitative estimate of drug-likeness (QED) is 0.618. The minimum Gasteiger partial charge on any atom is -0.382 e. The predicted molar refractivity (Wildman–Crippen MR) is 114 cm³/mol. The van der Waals surface area contributed by atoms with Gasteiger partial charge in [0.1, 0.15) is 17.5 Å². The van der Waals surface area contributed by atoms with Crippen molar-refractivity contribution >= 4 is 29.4 Å². The maximum absolute atomic E-state index is 13.7. The molecule has 0 aliphatic heterocycles. The molecule has 3 aromatic rings. The van der Waals surface area contributed by atoms with E-state index in [9.17, 15) is 13.9 Å². The van der Waals surface area contributed by atoms with Gasteiger partial charge in [0.25, 0.3) is 0 Å². The molecule has 3 N–H and O–H groups in total. The summed E-state index contributed by atoms with van der Waals surface area (Å²) in [5.41, 5.74) is 5.37. The average molecular weight is 432 g/mol. The van der Waals surface area contributed by atoms with Gasteiger partial charge in [0.2, 0.25) is 5.82 Å². The minimum atomic E-state index is -1.60. The molecule has 1 aromatic carbocycles. The number of aryl methyl sites for hydroxylation is 1. The molecular formula is C21H20ClF2N5O. The molecule has 0 bridgehead atoms. The highest BCUT2D eigenvalue weighted by Crippen LogP contribution is 2.27. The largest absolute Gasteiger partial charge is 0.382 e. The minimum absolute atomic E-state index is 0. The SMILES string of the molecule is C#CC(O)(C#Cc1nc(N)c2nc(-c3cc(F)cc(F)c3)n(CCC)c2n1)CC.Cl. The van der Waals surface area contributed by atoms with Crippen LogP contribution in [0.15, 0.2) is 18.2 Å². The van der Waals surface area contributed by atoms with Crippen LogP contribution in [0.5, 0.6) is 0 Å². The Labute approximate surface area is 179 Å². The zero-order valence-electron chi connectivity index (χ0n) is 16.4. The fourth-order valence-electron chi connectivity index (χ4n) is 2.80. The van der Waals surface area contributed by atoms with E-state index in [-0.39, 0.29) is 36.0 Å². The van der Waals surface area contributed by atoms with E-state index in [1.165, 1.54) is 12.1 Å². The summed E-state index contributed by atoms with van der Waals surface area (Å²) in [4.78, 5) is 12.9. The molecular weight excluding hydrogens is 412 g/mol. The van der Waals surface area contributed by atoms with E-state index < -0.39 is 17.2 Å².